The summed E-state index contributed by atoms with van der Waals surface area (Å²) in [7, 11) is 1.58. The Morgan fingerprint density at radius 1 is 1.02 bits per heavy atom. The fourth-order valence-electron chi connectivity index (χ4n) is 7.19. The molecule has 9 atom stereocenters. The summed E-state index contributed by atoms with van der Waals surface area (Å²) in [5.41, 5.74) is -0.314. The van der Waals surface area contributed by atoms with Gasteiger partial charge < -0.3 is 14.2 Å². The molecule has 45 heavy (non-hydrogen) atoms. The first-order valence-corrected chi connectivity index (χ1v) is 16.9. The molecular weight excluding hydrogens is 594 g/mol. The lowest BCUT2D eigenvalue weighted by atomic mass is 9.70. The van der Waals surface area contributed by atoms with Crippen molar-refractivity contribution in [2.45, 2.75) is 96.8 Å². The lowest BCUT2D eigenvalue weighted by Gasteiger charge is -2.41. The molecule has 2 aromatic rings. The van der Waals surface area contributed by atoms with E-state index in [0.29, 0.717) is 31.6 Å². The number of methoxy groups -OCH3 is 1. The summed E-state index contributed by atoms with van der Waals surface area (Å²) in [6.07, 6.45) is 5.63. The van der Waals surface area contributed by atoms with Gasteiger partial charge in [-0.2, -0.15) is 5.10 Å². The van der Waals surface area contributed by atoms with Crippen LogP contribution in [-0.2, 0) is 39.9 Å². The number of fused-ring (bicyclic) bond motifs is 1. The van der Waals surface area contributed by atoms with Crippen molar-refractivity contribution in [2.24, 2.45) is 29.6 Å². The number of carbonyl (C=O) groups excluding carboxylic acids is 4. The van der Waals surface area contributed by atoms with Gasteiger partial charge in [-0.1, -0.05) is 27.7 Å². The fourth-order valence-corrected chi connectivity index (χ4v) is 8.64. The minimum Gasteiger partial charge on any atom is -0.458 e. The van der Waals surface area contributed by atoms with Gasteiger partial charge in [0.1, 0.15) is 28.8 Å². The molecule has 0 radical (unpaired) electrons. The SMILES string of the molecule is CCC1OC(=O)C(C)C(=O)C(C)CC(C)(OC)CC(C)C(=O)C(C)C2C(SCCn3ccc(-c4cccnc4)n3)C(=O)OC12C. The van der Waals surface area contributed by atoms with Crippen LogP contribution in [0, 0.1) is 29.6 Å². The monoisotopic (exact) mass is 641 g/mol. The number of ether oxygens (including phenoxy) is 3. The minimum absolute atomic E-state index is 0.0165. The molecular formula is C34H47N3O7S. The van der Waals surface area contributed by atoms with Crippen LogP contribution in [0.3, 0.4) is 0 Å². The van der Waals surface area contributed by atoms with Gasteiger partial charge >= 0.3 is 11.9 Å². The van der Waals surface area contributed by atoms with Crippen LogP contribution in [0.1, 0.15) is 67.7 Å². The summed E-state index contributed by atoms with van der Waals surface area (Å²) in [5, 5.41) is 3.99. The second-order valence-corrected chi connectivity index (χ2v) is 14.4. The number of hydrogen-bond donors (Lipinski definition) is 0. The van der Waals surface area contributed by atoms with Crippen LogP contribution in [0.2, 0.25) is 0 Å². The van der Waals surface area contributed by atoms with Gasteiger partial charge in [-0.15, -0.1) is 11.8 Å². The number of carbonyl (C=O) groups is 4. The molecule has 4 heterocycles. The lowest BCUT2D eigenvalue weighted by Crippen LogP contribution is -2.53. The number of esters is 2. The van der Waals surface area contributed by atoms with Crippen molar-refractivity contribution in [3.63, 3.8) is 0 Å². The van der Waals surface area contributed by atoms with E-state index in [2.05, 4.69) is 10.1 Å². The van der Waals surface area contributed by atoms with Gasteiger partial charge in [-0.05, 0) is 58.2 Å². The summed E-state index contributed by atoms with van der Waals surface area (Å²) in [4.78, 5) is 58.6. The molecule has 0 spiro atoms. The molecule has 0 N–H and O–H groups in total. The molecule has 0 aliphatic carbocycles. The molecule has 11 heteroatoms. The van der Waals surface area contributed by atoms with Gasteiger partial charge in [0.2, 0.25) is 0 Å². The van der Waals surface area contributed by atoms with Crippen molar-refractivity contribution in [1.82, 2.24) is 14.8 Å². The second kappa shape index (κ2) is 14.2. The molecule has 2 aliphatic heterocycles. The highest BCUT2D eigenvalue weighted by molar-refractivity contribution is 8.00. The zero-order valence-electron chi connectivity index (χ0n) is 27.6. The highest BCUT2D eigenvalue weighted by Crippen LogP contribution is 2.48. The Bertz CT molecular complexity index is 1380. The third-order valence-corrected chi connectivity index (χ3v) is 11.0. The Morgan fingerprint density at radius 2 is 1.71 bits per heavy atom. The first-order valence-electron chi connectivity index (χ1n) is 15.9. The van der Waals surface area contributed by atoms with Gasteiger partial charge in [-0.25, -0.2) is 0 Å². The Labute approximate surface area is 270 Å². The lowest BCUT2D eigenvalue weighted by molar-refractivity contribution is -0.183. The highest BCUT2D eigenvalue weighted by Gasteiger charge is 2.61. The zero-order chi connectivity index (χ0) is 33.1. The summed E-state index contributed by atoms with van der Waals surface area (Å²) in [6.45, 7) is 13.1. The van der Waals surface area contributed by atoms with E-state index >= 15 is 0 Å². The van der Waals surface area contributed by atoms with Crippen LogP contribution in [0.5, 0.6) is 0 Å². The van der Waals surface area contributed by atoms with E-state index in [1.807, 2.05) is 56.8 Å². The van der Waals surface area contributed by atoms with Crippen molar-refractivity contribution in [3.05, 3.63) is 36.8 Å². The zero-order valence-corrected chi connectivity index (χ0v) is 28.5. The van der Waals surface area contributed by atoms with Crippen molar-refractivity contribution in [2.75, 3.05) is 12.9 Å². The third kappa shape index (κ3) is 7.35. The van der Waals surface area contributed by atoms with Crippen LogP contribution in [0.15, 0.2) is 36.8 Å². The van der Waals surface area contributed by atoms with E-state index in [9.17, 15) is 19.2 Å². The topological polar surface area (TPSA) is 127 Å². The van der Waals surface area contributed by atoms with E-state index in [-0.39, 0.29) is 11.6 Å². The standard InChI is InChI=1S/C34H47N3O7S/c1-9-26-34(7)27(30(32(41)44-34)45-16-15-37-14-12-25(36-37)24-11-10-13-35-19-24)22(4)28(38)20(2)17-33(6,42-8)18-21(3)29(39)23(5)31(40)43-26/h10-14,19-23,26-27,30H,9,15-18H2,1-8H3. The smallest absolute Gasteiger partial charge is 0.320 e. The predicted molar refractivity (Wildman–Crippen MR) is 171 cm³/mol. The molecule has 0 aromatic carbocycles. The van der Waals surface area contributed by atoms with E-state index in [1.165, 1.54) is 11.8 Å². The molecule has 246 valence electrons. The molecule has 9 unspecified atom stereocenters. The molecule has 0 bridgehead atoms. The van der Waals surface area contributed by atoms with Crippen molar-refractivity contribution >= 4 is 35.3 Å². The number of nitrogens with zero attached hydrogens (tertiary/aromatic N) is 3. The predicted octanol–water partition coefficient (Wildman–Crippen LogP) is 5.18. The second-order valence-electron chi connectivity index (χ2n) is 13.1. The number of aromatic nitrogens is 3. The largest absolute Gasteiger partial charge is 0.458 e. The summed E-state index contributed by atoms with van der Waals surface area (Å²) < 4.78 is 19.8. The molecule has 0 amide bonds. The number of pyridine rings is 1. The maximum absolute atomic E-state index is 14.1. The molecule has 2 aromatic heterocycles. The fraction of sp³-hybridized carbons (Fsp3) is 0.647. The van der Waals surface area contributed by atoms with Gasteiger partial charge in [0, 0.05) is 67.2 Å². The van der Waals surface area contributed by atoms with Crippen molar-refractivity contribution in [1.29, 1.82) is 0 Å². The van der Waals surface area contributed by atoms with E-state index in [4.69, 9.17) is 14.2 Å². The van der Waals surface area contributed by atoms with Crippen LogP contribution in [0.25, 0.3) is 11.3 Å². The molecule has 4 rings (SSSR count). The molecule has 10 nitrogen and oxygen atoms in total. The molecule has 2 aliphatic rings. The number of hydrogen-bond acceptors (Lipinski definition) is 10. The Hall–Kier alpha value is -3.05. The Balaban J connectivity index is 1.63. The Kier molecular flexibility index (Phi) is 11.0. The van der Waals surface area contributed by atoms with Gasteiger partial charge in [0.05, 0.1) is 11.3 Å². The number of ketones is 2. The molecule has 2 fully saturated rings. The number of thioether (sulfide) groups is 1. The van der Waals surface area contributed by atoms with Gasteiger partial charge in [-0.3, -0.25) is 28.8 Å². The van der Waals surface area contributed by atoms with Gasteiger partial charge in [0.25, 0.3) is 0 Å². The summed E-state index contributed by atoms with van der Waals surface area (Å²) >= 11 is 1.43. The third-order valence-electron chi connectivity index (χ3n) is 9.73. The minimum atomic E-state index is -1.27. The van der Waals surface area contributed by atoms with Crippen LogP contribution < -0.4 is 0 Å². The van der Waals surface area contributed by atoms with Crippen molar-refractivity contribution < 1.29 is 33.4 Å². The number of Topliss-reactive ketones (excluding diaryl/α,β-unsaturated/α-hetero) is 2. The van der Waals surface area contributed by atoms with Crippen molar-refractivity contribution in [3.8, 4) is 11.3 Å². The van der Waals surface area contributed by atoms with E-state index in [1.54, 1.807) is 40.3 Å². The highest BCUT2D eigenvalue weighted by atomic mass is 32.2. The Morgan fingerprint density at radius 3 is 2.33 bits per heavy atom. The summed E-state index contributed by atoms with van der Waals surface area (Å²) in [6, 6.07) is 5.72. The quantitative estimate of drug-likeness (QED) is 0.295. The molecule has 0 saturated carbocycles. The number of aryl methyl sites for hydroxylation is 1. The van der Waals surface area contributed by atoms with Crippen LogP contribution in [-0.4, -0.2) is 73.7 Å². The first-order chi connectivity index (χ1) is 21.2. The number of cyclic esters (lactones) is 1. The average molecular weight is 642 g/mol. The van der Waals surface area contributed by atoms with Crippen LogP contribution in [0.4, 0.5) is 0 Å². The maximum atomic E-state index is 14.1. The van der Waals surface area contributed by atoms with Crippen LogP contribution >= 0.6 is 11.8 Å². The summed E-state index contributed by atoms with van der Waals surface area (Å²) in [5.74, 6) is -3.85. The van der Waals surface area contributed by atoms with E-state index in [0.717, 1.165) is 11.3 Å². The first kappa shape index (κ1) is 34.8. The average Bonchev–Trinajstić information content (AvgIpc) is 3.60. The van der Waals surface area contributed by atoms with Gasteiger partial charge in [0.15, 0.2) is 5.60 Å². The normalized spacial score (nSPS) is 35.0. The number of rotatable bonds is 7. The molecule has 2 saturated heterocycles. The maximum Gasteiger partial charge on any atom is 0.320 e. The van der Waals surface area contributed by atoms with E-state index < -0.39 is 64.1 Å².